The number of hydrogen-bond donors (Lipinski definition) is 4. The van der Waals surface area contributed by atoms with Crippen molar-refractivity contribution in [3.63, 3.8) is 0 Å². The minimum atomic E-state index is -0.812. The van der Waals surface area contributed by atoms with E-state index in [1.54, 1.807) is 18.2 Å². The van der Waals surface area contributed by atoms with Gasteiger partial charge in [-0.2, -0.15) is 0 Å². The lowest BCUT2D eigenvalue weighted by Gasteiger charge is -2.64. The smallest absolute Gasteiger partial charge is 0.404 e. The summed E-state index contributed by atoms with van der Waals surface area (Å²) in [5.41, 5.74) is 3.15. The van der Waals surface area contributed by atoms with E-state index in [-0.39, 0.29) is 41.6 Å². The molecule has 2 amide bonds. The highest BCUT2D eigenvalue weighted by molar-refractivity contribution is 6.48. The van der Waals surface area contributed by atoms with Gasteiger partial charge < -0.3 is 19.9 Å². The number of hydrogen-bond acceptors (Lipinski definition) is 8. The Hall–Kier alpha value is -2.45. The average molecular weight is 619 g/mol. The van der Waals surface area contributed by atoms with E-state index in [4.69, 9.17) is 20.9 Å². The molecule has 1 unspecified atom stereocenters. The molecule has 236 valence electrons. The molecule has 3 aliphatic carbocycles. The number of hydrazine groups is 2. The highest BCUT2D eigenvalue weighted by Gasteiger charge is 2.68. The van der Waals surface area contributed by atoms with Gasteiger partial charge in [0.25, 0.3) is 0 Å². The zero-order valence-electron chi connectivity index (χ0n) is 25.6. The molecule has 7 atom stereocenters. The number of rotatable bonds is 14. The summed E-state index contributed by atoms with van der Waals surface area (Å²) in [5.74, 6) is 0.305. The molecule has 2 heterocycles. The molecular weight excluding hydrogens is 575 g/mol. The maximum absolute atomic E-state index is 13.8. The Balaban J connectivity index is 1.24. The van der Waals surface area contributed by atoms with Crippen molar-refractivity contribution in [2.45, 2.75) is 103 Å². The minimum absolute atomic E-state index is 0.00475. The number of nitro groups is 1. The fraction of sp³-hybridized carbons (Fsp3) is 0.724. The van der Waals surface area contributed by atoms with Crippen LogP contribution in [0, 0.1) is 33.3 Å². The number of nitrogens with zero attached hydrogens (tertiary/aromatic N) is 2. The molecule has 5 fully saturated rings. The fourth-order valence-corrected chi connectivity index (χ4v) is 7.57. The quantitative estimate of drug-likeness (QED) is 0.0809. The maximum atomic E-state index is 13.8. The molecule has 4 N–H and O–H groups in total. The maximum Gasteiger partial charge on any atom is 0.481 e. The second-order valence-corrected chi connectivity index (χ2v) is 14.2. The molecule has 1 aromatic carbocycles. The number of carbonyl (C=O) groups is 2. The van der Waals surface area contributed by atoms with Crippen LogP contribution in [0.3, 0.4) is 0 Å². The van der Waals surface area contributed by atoms with Crippen LogP contribution in [0.15, 0.2) is 24.3 Å². The first kappa shape index (κ1) is 32.0. The van der Waals surface area contributed by atoms with Crippen molar-refractivity contribution in [2.75, 3.05) is 6.54 Å². The van der Waals surface area contributed by atoms with Crippen LogP contribution >= 0.6 is 11.6 Å². The van der Waals surface area contributed by atoms with E-state index in [1.165, 1.54) is 0 Å². The van der Waals surface area contributed by atoms with Crippen LogP contribution in [0.1, 0.15) is 72.3 Å². The highest BCUT2D eigenvalue weighted by Crippen LogP contribution is 2.65. The van der Waals surface area contributed by atoms with E-state index in [1.807, 2.05) is 6.07 Å². The number of nitrogens with one attached hydrogen (secondary N) is 4. The predicted molar refractivity (Wildman–Crippen MR) is 162 cm³/mol. The van der Waals surface area contributed by atoms with Crippen molar-refractivity contribution in [1.29, 1.82) is 0 Å². The zero-order chi connectivity index (χ0) is 31.1. The number of carbonyl (C=O) groups excluding carboxylic acids is 2. The lowest BCUT2D eigenvalue weighted by atomic mass is 9.43. The zero-order valence-corrected chi connectivity index (χ0v) is 26.4. The molecule has 0 radical (unpaired) electrons. The summed E-state index contributed by atoms with van der Waals surface area (Å²) in [4.78, 5) is 37.7. The summed E-state index contributed by atoms with van der Waals surface area (Å²) in [5, 5.41) is 20.8. The second-order valence-electron chi connectivity index (χ2n) is 13.7. The molecule has 1 aromatic rings. The van der Waals surface area contributed by atoms with Crippen LogP contribution in [-0.2, 0) is 25.3 Å². The fourth-order valence-electron chi connectivity index (χ4n) is 7.36. The van der Waals surface area contributed by atoms with Gasteiger partial charge in [-0.3, -0.25) is 14.9 Å². The Bertz CT molecular complexity index is 1220. The minimum Gasteiger partial charge on any atom is -0.404 e. The molecule has 0 spiro atoms. The van der Waals surface area contributed by atoms with E-state index < -0.39 is 30.1 Å². The number of halogens is 1. The van der Waals surface area contributed by atoms with Gasteiger partial charge in [-0.15, -0.1) is 5.43 Å². The summed E-state index contributed by atoms with van der Waals surface area (Å²) in [6, 6.07) is 6.25. The largest absolute Gasteiger partial charge is 0.481 e. The Labute approximate surface area is 258 Å². The van der Waals surface area contributed by atoms with Gasteiger partial charge in [-0.1, -0.05) is 51.4 Å². The summed E-state index contributed by atoms with van der Waals surface area (Å²) in [6.07, 6.45) is 3.12. The molecule has 14 heteroatoms. The molecule has 0 aromatic heterocycles. The second kappa shape index (κ2) is 12.5. The molecule has 5 aliphatic rings. The van der Waals surface area contributed by atoms with Crippen LogP contribution in [0.2, 0.25) is 5.02 Å². The topological polar surface area (TPSA) is 157 Å². The Morgan fingerprint density at radius 3 is 2.67 bits per heavy atom. The molecule has 2 bridgehead atoms. The Kier molecular flexibility index (Phi) is 9.30. The normalized spacial score (nSPS) is 29.8. The van der Waals surface area contributed by atoms with Crippen molar-refractivity contribution >= 4 is 30.5 Å². The van der Waals surface area contributed by atoms with E-state index in [9.17, 15) is 19.7 Å². The van der Waals surface area contributed by atoms with Gasteiger partial charge in [0, 0.05) is 5.02 Å². The van der Waals surface area contributed by atoms with Gasteiger partial charge in [-0.25, -0.2) is 10.1 Å². The first-order valence-corrected chi connectivity index (χ1v) is 15.8. The van der Waals surface area contributed by atoms with Gasteiger partial charge in [0.15, 0.2) is 5.03 Å². The van der Waals surface area contributed by atoms with E-state index >= 15 is 0 Å². The molecule has 6 rings (SSSR count). The van der Waals surface area contributed by atoms with Crippen molar-refractivity contribution in [1.82, 2.24) is 26.5 Å². The predicted octanol–water partition coefficient (Wildman–Crippen LogP) is 2.83. The standard InChI is InChI=1S/C29H44BClN6O6/c1-17(2)12-24(30-42-23-16-19-15-22(28(19,3)4)29(23,5)43-30)34-26(39)21(10-7-11-32-27-35-36(27)37(40)41)33-25(38)14-18-8-6-9-20(31)13-18/h6,8-9,13,17,19,21-24,27,32,35H,7,10-12,14-16H2,1-5H3,(H,33,38)(H,34,39)/t19-,21-,22-,23+,24-,27?,29-,36?/m0/s1. The van der Waals surface area contributed by atoms with Gasteiger partial charge in [0.05, 0.1) is 24.1 Å². The van der Waals surface area contributed by atoms with Crippen LogP contribution in [-0.4, -0.2) is 65.6 Å². The van der Waals surface area contributed by atoms with E-state index in [0.29, 0.717) is 42.7 Å². The van der Waals surface area contributed by atoms with Crippen molar-refractivity contribution in [3.05, 3.63) is 45.0 Å². The molecular formula is C29H44BClN6O6. The van der Waals surface area contributed by atoms with Gasteiger partial charge >= 0.3 is 7.12 Å². The third-order valence-corrected chi connectivity index (χ3v) is 10.1. The number of amides is 2. The first-order chi connectivity index (χ1) is 20.3. The first-order valence-electron chi connectivity index (χ1n) is 15.4. The lowest BCUT2D eigenvalue weighted by molar-refractivity contribution is -0.627. The molecule has 12 nitrogen and oxygen atoms in total. The average Bonchev–Trinajstić information content (AvgIpc) is 3.61. The van der Waals surface area contributed by atoms with Crippen LogP contribution in [0.25, 0.3) is 0 Å². The van der Waals surface area contributed by atoms with Crippen LogP contribution in [0.4, 0.5) is 0 Å². The molecule has 3 saturated carbocycles. The Morgan fingerprint density at radius 1 is 1.26 bits per heavy atom. The van der Waals surface area contributed by atoms with Crippen molar-refractivity contribution in [2.24, 2.45) is 23.2 Å². The number of benzene rings is 1. The van der Waals surface area contributed by atoms with Gasteiger partial charge in [-0.05, 0) is 91.6 Å². The summed E-state index contributed by atoms with van der Waals surface area (Å²) in [6.45, 7) is 11.4. The SMILES string of the molecule is CC(C)C[C@H](NC(=O)[C@H](CCCNC1NN1[N+](=O)[O-])NC(=O)Cc1cccc(Cl)c1)B1O[C@@H]2C[C@@H]3C[C@@H](C3(C)C)[C@]2(C)O1. The van der Waals surface area contributed by atoms with Gasteiger partial charge in [0.2, 0.25) is 18.1 Å². The van der Waals surface area contributed by atoms with E-state index in [0.717, 1.165) is 23.5 Å². The molecule has 43 heavy (non-hydrogen) atoms. The monoisotopic (exact) mass is 618 g/mol. The molecule has 2 saturated heterocycles. The Morgan fingerprint density at radius 2 is 2.02 bits per heavy atom. The van der Waals surface area contributed by atoms with Crippen LogP contribution < -0.4 is 21.4 Å². The highest BCUT2D eigenvalue weighted by atomic mass is 35.5. The molecule has 2 aliphatic heterocycles. The lowest BCUT2D eigenvalue weighted by Crippen LogP contribution is -2.65. The third-order valence-electron chi connectivity index (χ3n) is 9.87. The van der Waals surface area contributed by atoms with Crippen molar-refractivity contribution in [3.8, 4) is 0 Å². The third kappa shape index (κ3) is 6.96. The van der Waals surface area contributed by atoms with Crippen molar-refractivity contribution < 1.29 is 23.9 Å². The summed E-state index contributed by atoms with van der Waals surface area (Å²) >= 11 is 6.10. The van der Waals surface area contributed by atoms with Crippen LogP contribution in [0.5, 0.6) is 0 Å². The summed E-state index contributed by atoms with van der Waals surface area (Å²) in [7, 11) is -0.574. The van der Waals surface area contributed by atoms with Gasteiger partial charge in [0.1, 0.15) is 6.04 Å². The summed E-state index contributed by atoms with van der Waals surface area (Å²) < 4.78 is 13.2. The van der Waals surface area contributed by atoms with E-state index in [2.05, 4.69) is 56.0 Å².